The highest BCUT2D eigenvalue weighted by molar-refractivity contribution is 9.10. The van der Waals surface area contributed by atoms with Gasteiger partial charge in [0, 0.05) is 5.56 Å². The monoisotopic (exact) mass is 246 g/mol. The number of hydrogen-bond acceptors (Lipinski definition) is 1. The summed E-state index contributed by atoms with van der Waals surface area (Å²) in [6.07, 6.45) is -0.286. The maximum absolute atomic E-state index is 13.2. The molecular formula is C9H8BrFO2. The summed E-state index contributed by atoms with van der Waals surface area (Å²) in [6.45, 7) is 1.79. The van der Waals surface area contributed by atoms with Crippen LogP contribution in [0.1, 0.15) is 11.1 Å². The zero-order chi connectivity index (χ0) is 10.0. The Hall–Kier alpha value is -0.900. The topological polar surface area (TPSA) is 37.3 Å². The Kier molecular flexibility index (Phi) is 3.03. The van der Waals surface area contributed by atoms with Crippen LogP contribution in [0, 0.1) is 12.7 Å². The van der Waals surface area contributed by atoms with E-state index in [-0.39, 0.29) is 12.0 Å². The Morgan fingerprint density at radius 2 is 2.23 bits per heavy atom. The first-order valence-electron chi connectivity index (χ1n) is 3.67. The molecule has 1 N–H and O–H groups in total. The summed E-state index contributed by atoms with van der Waals surface area (Å²) in [7, 11) is 0. The zero-order valence-corrected chi connectivity index (χ0v) is 8.56. The highest BCUT2D eigenvalue weighted by Crippen LogP contribution is 2.21. The molecule has 0 aliphatic carbocycles. The Labute approximate surface area is 83.5 Å². The van der Waals surface area contributed by atoms with Gasteiger partial charge in [-0.15, -0.1) is 0 Å². The average molecular weight is 247 g/mol. The van der Waals surface area contributed by atoms with E-state index < -0.39 is 11.8 Å². The molecule has 2 nitrogen and oxygen atoms in total. The molecule has 1 aromatic rings. The van der Waals surface area contributed by atoms with Gasteiger partial charge in [-0.3, -0.25) is 4.79 Å². The van der Waals surface area contributed by atoms with Gasteiger partial charge < -0.3 is 5.11 Å². The van der Waals surface area contributed by atoms with Gasteiger partial charge >= 0.3 is 5.97 Å². The molecule has 0 radical (unpaired) electrons. The van der Waals surface area contributed by atoms with E-state index in [1.165, 1.54) is 6.07 Å². The quantitative estimate of drug-likeness (QED) is 0.871. The van der Waals surface area contributed by atoms with Crippen LogP contribution in [0.4, 0.5) is 4.39 Å². The number of halogens is 2. The predicted molar refractivity (Wildman–Crippen MR) is 50.2 cm³/mol. The molecule has 0 saturated carbocycles. The maximum Gasteiger partial charge on any atom is 0.307 e. The van der Waals surface area contributed by atoms with Gasteiger partial charge in [-0.25, -0.2) is 4.39 Å². The number of carboxylic acids is 1. The van der Waals surface area contributed by atoms with Gasteiger partial charge in [0.15, 0.2) is 0 Å². The van der Waals surface area contributed by atoms with Crippen molar-refractivity contribution in [3.8, 4) is 0 Å². The number of carbonyl (C=O) groups is 1. The van der Waals surface area contributed by atoms with Gasteiger partial charge in [0.25, 0.3) is 0 Å². The Bertz CT molecular complexity index is 350. The summed E-state index contributed by atoms with van der Waals surface area (Å²) in [6, 6.07) is 3.15. The van der Waals surface area contributed by atoms with Gasteiger partial charge in [0.05, 0.1) is 10.9 Å². The van der Waals surface area contributed by atoms with Crippen LogP contribution in [0.25, 0.3) is 0 Å². The lowest BCUT2D eigenvalue weighted by atomic mass is 10.1. The molecule has 13 heavy (non-hydrogen) atoms. The average Bonchev–Trinajstić information content (AvgIpc) is 1.98. The fourth-order valence-corrected chi connectivity index (χ4v) is 1.70. The van der Waals surface area contributed by atoms with Crippen LogP contribution in [0.15, 0.2) is 16.6 Å². The van der Waals surface area contributed by atoms with Crippen LogP contribution in [0.5, 0.6) is 0 Å². The minimum absolute atomic E-state index is 0.208. The Balaban J connectivity index is 3.12. The molecule has 70 valence electrons. The van der Waals surface area contributed by atoms with E-state index in [0.29, 0.717) is 4.47 Å². The molecule has 0 aliphatic heterocycles. The second-order valence-electron chi connectivity index (χ2n) is 2.79. The van der Waals surface area contributed by atoms with Gasteiger partial charge in [-0.05, 0) is 34.5 Å². The summed E-state index contributed by atoms with van der Waals surface area (Å²) < 4.78 is 13.5. The SMILES string of the molecule is Cc1cc(Br)c(F)c(CC(=O)O)c1. The Morgan fingerprint density at radius 1 is 1.62 bits per heavy atom. The van der Waals surface area contributed by atoms with Crippen LogP contribution in [-0.4, -0.2) is 11.1 Å². The summed E-state index contributed by atoms with van der Waals surface area (Å²) in [5.74, 6) is -1.52. The van der Waals surface area contributed by atoms with Gasteiger partial charge in [0.1, 0.15) is 5.82 Å². The van der Waals surface area contributed by atoms with Crippen molar-refractivity contribution < 1.29 is 14.3 Å². The number of rotatable bonds is 2. The molecule has 0 bridgehead atoms. The summed E-state index contributed by atoms with van der Waals surface area (Å²) >= 11 is 3.02. The standard InChI is InChI=1S/C9H8BrFO2/c1-5-2-6(4-8(12)13)9(11)7(10)3-5/h2-3H,4H2,1H3,(H,12,13). The maximum atomic E-state index is 13.2. The van der Waals surface area contributed by atoms with Crippen LogP contribution in [-0.2, 0) is 11.2 Å². The van der Waals surface area contributed by atoms with Crippen LogP contribution in [0.2, 0.25) is 0 Å². The van der Waals surface area contributed by atoms with Crippen molar-refractivity contribution in [2.75, 3.05) is 0 Å². The third kappa shape index (κ3) is 2.52. The second-order valence-corrected chi connectivity index (χ2v) is 3.64. The van der Waals surface area contributed by atoms with Gasteiger partial charge in [-0.1, -0.05) is 6.07 Å². The first-order chi connectivity index (χ1) is 6.00. The largest absolute Gasteiger partial charge is 0.481 e. The fraction of sp³-hybridized carbons (Fsp3) is 0.222. The van der Waals surface area contributed by atoms with Crippen LogP contribution in [0.3, 0.4) is 0 Å². The van der Waals surface area contributed by atoms with Crippen LogP contribution >= 0.6 is 15.9 Å². The van der Waals surface area contributed by atoms with Gasteiger partial charge in [-0.2, -0.15) is 0 Å². The van der Waals surface area contributed by atoms with Crippen LogP contribution < -0.4 is 0 Å². The molecule has 0 aromatic heterocycles. The number of carboxylic acid groups (broad SMARTS) is 1. The van der Waals surface area contributed by atoms with E-state index in [2.05, 4.69) is 15.9 Å². The molecule has 0 unspecified atom stereocenters. The molecule has 0 aliphatic rings. The van der Waals surface area contributed by atoms with Crippen molar-refractivity contribution in [1.29, 1.82) is 0 Å². The lowest BCUT2D eigenvalue weighted by molar-refractivity contribution is -0.136. The lowest BCUT2D eigenvalue weighted by Gasteiger charge is -2.03. The van der Waals surface area contributed by atoms with Gasteiger partial charge in [0.2, 0.25) is 0 Å². The third-order valence-electron chi connectivity index (χ3n) is 1.59. The number of hydrogen-bond donors (Lipinski definition) is 1. The number of aliphatic carboxylic acids is 1. The number of benzene rings is 1. The van der Waals surface area contributed by atoms with Crippen molar-refractivity contribution >= 4 is 21.9 Å². The third-order valence-corrected chi connectivity index (χ3v) is 2.17. The van der Waals surface area contributed by atoms with E-state index >= 15 is 0 Å². The van der Waals surface area contributed by atoms with Crippen molar-refractivity contribution in [3.63, 3.8) is 0 Å². The van der Waals surface area contributed by atoms with E-state index in [9.17, 15) is 9.18 Å². The van der Waals surface area contributed by atoms with Crippen molar-refractivity contribution in [2.45, 2.75) is 13.3 Å². The molecule has 0 amide bonds. The molecule has 4 heteroatoms. The zero-order valence-electron chi connectivity index (χ0n) is 6.97. The van der Waals surface area contributed by atoms with E-state index in [4.69, 9.17) is 5.11 Å². The highest BCUT2D eigenvalue weighted by Gasteiger charge is 2.10. The van der Waals surface area contributed by atoms with E-state index in [0.717, 1.165) is 5.56 Å². The molecule has 0 heterocycles. The van der Waals surface area contributed by atoms with Crippen molar-refractivity contribution in [1.82, 2.24) is 0 Å². The first-order valence-corrected chi connectivity index (χ1v) is 4.46. The molecule has 1 rings (SSSR count). The minimum Gasteiger partial charge on any atom is -0.481 e. The van der Waals surface area contributed by atoms with Crippen molar-refractivity contribution in [2.24, 2.45) is 0 Å². The Morgan fingerprint density at radius 3 is 2.77 bits per heavy atom. The minimum atomic E-state index is -1.03. The molecular weight excluding hydrogens is 239 g/mol. The van der Waals surface area contributed by atoms with Crippen molar-refractivity contribution in [3.05, 3.63) is 33.5 Å². The molecule has 0 spiro atoms. The normalized spacial score (nSPS) is 10.1. The van der Waals surface area contributed by atoms with E-state index in [1.807, 2.05) is 0 Å². The predicted octanol–water partition coefficient (Wildman–Crippen LogP) is 2.52. The molecule has 0 fully saturated rings. The number of aryl methyl sites for hydroxylation is 1. The smallest absolute Gasteiger partial charge is 0.307 e. The van der Waals surface area contributed by atoms with E-state index in [1.54, 1.807) is 13.0 Å². The molecule has 0 atom stereocenters. The lowest BCUT2D eigenvalue weighted by Crippen LogP contribution is -2.03. The second kappa shape index (κ2) is 3.87. The molecule has 1 aromatic carbocycles. The highest BCUT2D eigenvalue weighted by atomic mass is 79.9. The summed E-state index contributed by atoms with van der Waals surface area (Å²) in [5, 5.41) is 8.49. The fourth-order valence-electron chi connectivity index (χ4n) is 1.09. The summed E-state index contributed by atoms with van der Waals surface area (Å²) in [5.41, 5.74) is 1.05. The first kappa shape index (κ1) is 10.2. The summed E-state index contributed by atoms with van der Waals surface area (Å²) in [4.78, 5) is 10.4. The molecule has 0 saturated heterocycles.